The van der Waals surface area contributed by atoms with E-state index in [1.54, 1.807) is 0 Å². The van der Waals surface area contributed by atoms with Gasteiger partial charge in [0.15, 0.2) is 0 Å². The first kappa shape index (κ1) is 13.1. The average molecular weight is 267 g/mol. The van der Waals surface area contributed by atoms with Crippen molar-refractivity contribution in [3.05, 3.63) is 33.8 Å². The summed E-state index contributed by atoms with van der Waals surface area (Å²) in [6, 6.07) is 5.65. The van der Waals surface area contributed by atoms with Crippen molar-refractivity contribution < 1.29 is 0 Å². The van der Waals surface area contributed by atoms with Crippen molar-refractivity contribution in [2.75, 3.05) is 6.54 Å². The maximum Gasteiger partial charge on any atom is 0.0595 e. The van der Waals surface area contributed by atoms with Crippen LogP contribution in [0.2, 0.25) is 10.0 Å². The van der Waals surface area contributed by atoms with Gasteiger partial charge in [0.2, 0.25) is 0 Å². The van der Waals surface area contributed by atoms with Crippen LogP contribution >= 0.6 is 34.8 Å². The van der Waals surface area contributed by atoms with Crippen molar-refractivity contribution in [3.8, 4) is 0 Å². The number of benzene rings is 1. The minimum atomic E-state index is 0.214. The molecule has 0 amide bonds. The number of halogens is 3. The Hall–Kier alpha value is 0.0500. The van der Waals surface area contributed by atoms with Crippen molar-refractivity contribution in [2.24, 2.45) is 0 Å². The Morgan fingerprint density at radius 1 is 1.27 bits per heavy atom. The van der Waals surface area contributed by atoms with Crippen LogP contribution < -0.4 is 5.32 Å². The first-order chi connectivity index (χ1) is 7.09. The summed E-state index contributed by atoms with van der Waals surface area (Å²) in [5, 5.41) is 4.70. The Bertz CT molecular complexity index is 313. The maximum absolute atomic E-state index is 5.90. The van der Waals surface area contributed by atoms with Crippen molar-refractivity contribution in [2.45, 2.75) is 25.3 Å². The summed E-state index contributed by atoms with van der Waals surface area (Å²) in [4.78, 5) is 0. The van der Waals surface area contributed by atoms with Crippen molar-refractivity contribution in [3.63, 3.8) is 0 Å². The monoisotopic (exact) mass is 265 g/mol. The number of hydrogen-bond donors (Lipinski definition) is 1. The van der Waals surface area contributed by atoms with Gasteiger partial charge in [-0.25, -0.2) is 0 Å². The van der Waals surface area contributed by atoms with Crippen LogP contribution in [-0.4, -0.2) is 11.9 Å². The topological polar surface area (TPSA) is 12.0 Å². The number of hydrogen-bond acceptors (Lipinski definition) is 1. The molecule has 1 N–H and O–H groups in total. The SMILES string of the molecule is CC(Cl)CCNCc1ccc(Cl)c(Cl)c1. The summed E-state index contributed by atoms with van der Waals surface area (Å²) in [6.45, 7) is 3.69. The summed E-state index contributed by atoms with van der Waals surface area (Å²) in [5.74, 6) is 0. The predicted molar refractivity (Wildman–Crippen MR) is 68.1 cm³/mol. The van der Waals surface area contributed by atoms with E-state index >= 15 is 0 Å². The lowest BCUT2D eigenvalue weighted by Gasteiger charge is -2.06. The first-order valence-electron chi connectivity index (χ1n) is 4.88. The molecular formula is C11H14Cl3N. The number of nitrogens with one attached hydrogen (secondary N) is 1. The van der Waals surface area contributed by atoms with Gasteiger partial charge in [-0.1, -0.05) is 29.3 Å². The lowest BCUT2D eigenvalue weighted by atomic mass is 10.2. The fourth-order valence-electron chi connectivity index (χ4n) is 1.18. The van der Waals surface area contributed by atoms with Gasteiger partial charge >= 0.3 is 0 Å². The summed E-state index contributed by atoms with van der Waals surface area (Å²) in [6.07, 6.45) is 0.961. The second kappa shape index (κ2) is 6.59. The van der Waals surface area contributed by atoms with Gasteiger partial charge in [-0.3, -0.25) is 0 Å². The Morgan fingerprint density at radius 2 is 2.00 bits per heavy atom. The van der Waals surface area contributed by atoms with Gasteiger partial charge in [0.25, 0.3) is 0 Å². The van der Waals surface area contributed by atoms with Gasteiger partial charge in [-0.2, -0.15) is 0 Å². The average Bonchev–Trinajstić information content (AvgIpc) is 2.18. The van der Waals surface area contributed by atoms with Gasteiger partial charge in [-0.05, 0) is 37.6 Å². The van der Waals surface area contributed by atoms with Gasteiger partial charge in [0.1, 0.15) is 0 Å². The predicted octanol–water partition coefficient (Wildman–Crippen LogP) is 4.10. The molecule has 0 radical (unpaired) electrons. The van der Waals surface area contributed by atoms with E-state index in [1.165, 1.54) is 0 Å². The fraction of sp³-hybridized carbons (Fsp3) is 0.455. The highest BCUT2D eigenvalue weighted by molar-refractivity contribution is 6.42. The van der Waals surface area contributed by atoms with Crippen LogP contribution in [0.15, 0.2) is 18.2 Å². The van der Waals surface area contributed by atoms with Gasteiger partial charge < -0.3 is 5.32 Å². The molecule has 0 saturated heterocycles. The maximum atomic E-state index is 5.90. The van der Waals surface area contributed by atoms with Crippen LogP contribution in [0.25, 0.3) is 0 Å². The van der Waals surface area contributed by atoms with E-state index in [2.05, 4.69) is 5.32 Å². The normalized spacial score (nSPS) is 12.8. The summed E-state index contributed by atoms with van der Waals surface area (Å²) < 4.78 is 0. The first-order valence-corrected chi connectivity index (χ1v) is 6.07. The van der Waals surface area contributed by atoms with Crippen molar-refractivity contribution in [1.82, 2.24) is 5.32 Å². The molecule has 15 heavy (non-hydrogen) atoms. The summed E-state index contributed by atoms with van der Waals surface area (Å²) in [5.41, 5.74) is 1.13. The molecule has 1 aromatic rings. The molecule has 0 saturated carbocycles. The Morgan fingerprint density at radius 3 is 2.60 bits per heavy atom. The highest BCUT2D eigenvalue weighted by atomic mass is 35.5. The summed E-state index contributed by atoms with van der Waals surface area (Å²) in [7, 11) is 0. The molecule has 1 aromatic carbocycles. The lowest BCUT2D eigenvalue weighted by molar-refractivity contribution is 0.645. The quantitative estimate of drug-likeness (QED) is 0.625. The minimum absolute atomic E-state index is 0.214. The molecule has 1 rings (SSSR count). The van der Waals surface area contributed by atoms with Crippen molar-refractivity contribution >= 4 is 34.8 Å². The molecule has 0 fully saturated rings. The second-order valence-corrected chi connectivity index (χ2v) is 5.05. The van der Waals surface area contributed by atoms with Crippen LogP contribution in [-0.2, 0) is 6.54 Å². The Balaban J connectivity index is 2.35. The third-order valence-corrected chi connectivity index (χ3v) is 2.99. The molecule has 1 nitrogen and oxygen atoms in total. The van der Waals surface area contributed by atoms with E-state index < -0.39 is 0 Å². The Labute approximate surface area is 106 Å². The van der Waals surface area contributed by atoms with E-state index in [9.17, 15) is 0 Å². The zero-order valence-electron chi connectivity index (χ0n) is 8.56. The molecule has 1 unspecified atom stereocenters. The highest BCUT2D eigenvalue weighted by Crippen LogP contribution is 2.22. The second-order valence-electron chi connectivity index (χ2n) is 3.49. The van der Waals surface area contributed by atoms with E-state index in [0.717, 1.165) is 25.1 Å². The van der Waals surface area contributed by atoms with Crippen LogP contribution in [0.3, 0.4) is 0 Å². The third-order valence-electron chi connectivity index (χ3n) is 2.03. The van der Waals surface area contributed by atoms with Crippen LogP contribution in [0.5, 0.6) is 0 Å². The van der Waals surface area contributed by atoms with E-state index in [1.807, 2.05) is 25.1 Å². The number of rotatable bonds is 5. The molecule has 0 spiro atoms. The lowest BCUT2D eigenvalue weighted by Crippen LogP contribution is -2.16. The molecule has 84 valence electrons. The molecule has 4 heteroatoms. The minimum Gasteiger partial charge on any atom is -0.313 e. The molecule has 0 aliphatic rings. The van der Waals surface area contributed by atoms with Gasteiger partial charge in [0, 0.05) is 11.9 Å². The molecule has 1 atom stereocenters. The molecule has 0 bridgehead atoms. The Kier molecular flexibility index (Phi) is 5.77. The van der Waals surface area contributed by atoms with Crippen LogP contribution in [0.1, 0.15) is 18.9 Å². The van der Waals surface area contributed by atoms with Gasteiger partial charge in [-0.15, -0.1) is 11.6 Å². The van der Waals surface area contributed by atoms with Crippen LogP contribution in [0.4, 0.5) is 0 Å². The van der Waals surface area contributed by atoms with E-state index in [4.69, 9.17) is 34.8 Å². The summed E-state index contributed by atoms with van der Waals surface area (Å²) >= 11 is 17.5. The zero-order chi connectivity index (χ0) is 11.3. The molecule has 0 aliphatic heterocycles. The molecular weight excluding hydrogens is 252 g/mol. The van der Waals surface area contributed by atoms with E-state index in [0.29, 0.717) is 10.0 Å². The van der Waals surface area contributed by atoms with E-state index in [-0.39, 0.29) is 5.38 Å². The van der Waals surface area contributed by atoms with Crippen molar-refractivity contribution in [1.29, 1.82) is 0 Å². The largest absolute Gasteiger partial charge is 0.313 e. The van der Waals surface area contributed by atoms with Gasteiger partial charge in [0.05, 0.1) is 10.0 Å². The third kappa shape index (κ3) is 5.07. The number of alkyl halides is 1. The van der Waals surface area contributed by atoms with Crippen LogP contribution in [0, 0.1) is 0 Å². The zero-order valence-corrected chi connectivity index (χ0v) is 10.8. The smallest absolute Gasteiger partial charge is 0.0595 e. The molecule has 0 heterocycles. The molecule has 0 aliphatic carbocycles. The standard InChI is InChI=1S/C11H14Cl3N/c1-8(12)4-5-15-7-9-2-3-10(13)11(14)6-9/h2-3,6,8,15H,4-5,7H2,1H3. The highest BCUT2D eigenvalue weighted by Gasteiger charge is 2.00. The molecule has 0 aromatic heterocycles. The fourth-order valence-corrected chi connectivity index (χ4v) is 1.61.